The van der Waals surface area contributed by atoms with Gasteiger partial charge in [0.15, 0.2) is 0 Å². The van der Waals surface area contributed by atoms with E-state index in [0.29, 0.717) is 12.0 Å². The second-order valence-electron chi connectivity index (χ2n) is 8.41. The summed E-state index contributed by atoms with van der Waals surface area (Å²) in [4.78, 5) is 14.2. The number of amides is 1. The van der Waals surface area contributed by atoms with Crippen molar-refractivity contribution in [3.8, 4) is 16.9 Å². The second kappa shape index (κ2) is 6.39. The van der Waals surface area contributed by atoms with Gasteiger partial charge in [0.25, 0.3) is 0 Å². The molecule has 3 aliphatic rings. The van der Waals surface area contributed by atoms with Crippen molar-refractivity contribution in [1.82, 2.24) is 9.78 Å². The Morgan fingerprint density at radius 3 is 2.74 bits per heavy atom. The lowest BCUT2D eigenvalue weighted by molar-refractivity contribution is -0.117. The first-order valence-corrected chi connectivity index (χ1v) is 10.2. The molecule has 142 valence electrons. The van der Waals surface area contributed by atoms with Gasteiger partial charge in [0.1, 0.15) is 5.75 Å². The minimum absolute atomic E-state index is 0.103. The van der Waals surface area contributed by atoms with E-state index in [1.807, 2.05) is 11.1 Å². The van der Waals surface area contributed by atoms with Crippen molar-refractivity contribution < 1.29 is 9.53 Å². The second-order valence-corrected chi connectivity index (χ2v) is 8.41. The number of aromatic nitrogens is 2. The van der Waals surface area contributed by atoms with Gasteiger partial charge in [-0.05, 0) is 63.5 Å². The molecule has 5 rings (SSSR count). The molecule has 1 aliphatic heterocycles. The standard InChI is InChI=1S/C22H27N3O2/c1-14-3-8-20-21(25(14)15(2)26)10-9-19(22(20)27-13-16-4-5-16)17-11-23-24(12-17)18-6-7-18/h9-12,14,16,18H,3-8,13H2,1-2H3/t14-/m0/s1. The third kappa shape index (κ3) is 3.13. The zero-order valence-electron chi connectivity index (χ0n) is 16.1. The van der Waals surface area contributed by atoms with Crippen molar-refractivity contribution in [2.75, 3.05) is 11.5 Å². The summed E-state index contributed by atoms with van der Waals surface area (Å²) in [6.45, 7) is 4.56. The molecular formula is C22H27N3O2. The number of hydrogen-bond acceptors (Lipinski definition) is 3. The van der Waals surface area contributed by atoms with E-state index in [2.05, 4.69) is 35.0 Å². The quantitative estimate of drug-likeness (QED) is 0.791. The van der Waals surface area contributed by atoms with Crippen LogP contribution in [0.5, 0.6) is 5.75 Å². The van der Waals surface area contributed by atoms with E-state index in [1.165, 1.54) is 31.2 Å². The summed E-state index contributed by atoms with van der Waals surface area (Å²) in [6.07, 6.45) is 11.0. The van der Waals surface area contributed by atoms with E-state index in [0.717, 1.165) is 42.0 Å². The molecule has 0 spiro atoms. The van der Waals surface area contributed by atoms with Crippen LogP contribution in [0.3, 0.4) is 0 Å². The number of nitrogens with zero attached hydrogens (tertiary/aromatic N) is 3. The molecule has 5 heteroatoms. The van der Waals surface area contributed by atoms with E-state index in [4.69, 9.17) is 4.74 Å². The Bertz CT molecular complexity index is 880. The summed E-state index contributed by atoms with van der Waals surface area (Å²) < 4.78 is 8.47. The van der Waals surface area contributed by atoms with Gasteiger partial charge in [-0.2, -0.15) is 5.10 Å². The average molecular weight is 365 g/mol. The van der Waals surface area contributed by atoms with Gasteiger partial charge in [-0.15, -0.1) is 0 Å². The topological polar surface area (TPSA) is 47.4 Å². The van der Waals surface area contributed by atoms with Gasteiger partial charge < -0.3 is 9.64 Å². The van der Waals surface area contributed by atoms with Gasteiger partial charge in [0.05, 0.1) is 24.5 Å². The van der Waals surface area contributed by atoms with Crippen molar-refractivity contribution in [3.05, 3.63) is 30.1 Å². The molecule has 0 bridgehead atoms. The van der Waals surface area contributed by atoms with Crippen LogP contribution in [-0.4, -0.2) is 28.3 Å². The van der Waals surface area contributed by atoms with Crippen LogP contribution >= 0.6 is 0 Å². The number of anilines is 1. The summed E-state index contributed by atoms with van der Waals surface area (Å²) >= 11 is 0. The summed E-state index contributed by atoms with van der Waals surface area (Å²) in [5.74, 6) is 1.76. The maximum Gasteiger partial charge on any atom is 0.224 e. The van der Waals surface area contributed by atoms with E-state index in [-0.39, 0.29) is 11.9 Å². The lowest BCUT2D eigenvalue weighted by Crippen LogP contribution is -2.40. The Balaban J connectivity index is 1.58. The van der Waals surface area contributed by atoms with Gasteiger partial charge in [-0.25, -0.2) is 0 Å². The summed E-state index contributed by atoms with van der Waals surface area (Å²) in [6, 6.07) is 5.01. The largest absolute Gasteiger partial charge is 0.492 e. The Labute approximate surface area is 160 Å². The van der Waals surface area contributed by atoms with E-state index in [9.17, 15) is 4.79 Å². The Hall–Kier alpha value is -2.30. The molecule has 27 heavy (non-hydrogen) atoms. The number of carbonyl (C=O) groups is 1. The zero-order valence-corrected chi connectivity index (χ0v) is 16.1. The normalized spacial score (nSPS) is 21.9. The van der Waals surface area contributed by atoms with Gasteiger partial charge >= 0.3 is 0 Å². The van der Waals surface area contributed by atoms with Crippen molar-refractivity contribution >= 4 is 11.6 Å². The van der Waals surface area contributed by atoms with Gasteiger partial charge in [-0.1, -0.05) is 0 Å². The minimum atomic E-state index is 0.103. The van der Waals surface area contributed by atoms with Crippen LogP contribution in [0.15, 0.2) is 24.5 Å². The average Bonchev–Trinajstić information content (AvgIpc) is 3.58. The number of benzene rings is 1. The molecule has 5 nitrogen and oxygen atoms in total. The molecule has 2 aromatic rings. The van der Waals surface area contributed by atoms with Crippen molar-refractivity contribution in [2.24, 2.45) is 5.92 Å². The predicted molar refractivity (Wildman–Crippen MR) is 105 cm³/mol. The van der Waals surface area contributed by atoms with Crippen LogP contribution in [0.1, 0.15) is 57.6 Å². The highest BCUT2D eigenvalue weighted by Crippen LogP contribution is 2.44. The molecule has 1 aromatic carbocycles. The fraction of sp³-hybridized carbons (Fsp3) is 0.545. The van der Waals surface area contributed by atoms with Crippen LogP contribution in [-0.2, 0) is 11.2 Å². The molecule has 1 atom stereocenters. The third-order valence-electron chi connectivity index (χ3n) is 6.08. The van der Waals surface area contributed by atoms with Crippen molar-refractivity contribution in [2.45, 2.75) is 64.5 Å². The fourth-order valence-corrected chi connectivity index (χ4v) is 4.18. The first-order chi connectivity index (χ1) is 13.1. The SMILES string of the molecule is CC(=O)N1c2ccc(-c3cnn(C4CC4)c3)c(OCC3CC3)c2CC[C@@H]1C. The van der Waals surface area contributed by atoms with Crippen LogP contribution in [0.25, 0.3) is 11.1 Å². The zero-order chi connectivity index (χ0) is 18.5. The van der Waals surface area contributed by atoms with Crippen molar-refractivity contribution in [1.29, 1.82) is 0 Å². The van der Waals surface area contributed by atoms with Gasteiger partial charge in [0, 0.05) is 35.9 Å². The van der Waals surface area contributed by atoms with E-state index < -0.39 is 0 Å². The van der Waals surface area contributed by atoms with Gasteiger partial charge in [-0.3, -0.25) is 9.48 Å². The number of fused-ring (bicyclic) bond motifs is 1. The minimum Gasteiger partial charge on any atom is -0.492 e. The van der Waals surface area contributed by atoms with Gasteiger partial charge in [0.2, 0.25) is 5.91 Å². The molecule has 1 amide bonds. The van der Waals surface area contributed by atoms with E-state index >= 15 is 0 Å². The molecule has 0 N–H and O–H groups in total. The highest BCUT2D eigenvalue weighted by molar-refractivity contribution is 5.95. The monoisotopic (exact) mass is 365 g/mol. The van der Waals surface area contributed by atoms with E-state index in [1.54, 1.807) is 6.92 Å². The molecule has 2 aliphatic carbocycles. The molecule has 2 fully saturated rings. The number of ether oxygens (including phenoxy) is 1. The molecular weight excluding hydrogens is 338 g/mol. The lowest BCUT2D eigenvalue weighted by atomic mass is 9.92. The Kier molecular flexibility index (Phi) is 3.99. The molecule has 0 saturated heterocycles. The molecule has 2 saturated carbocycles. The lowest BCUT2D eigenvalue weighted by Gasteiger charge is -2.36. The maximum absolute atomic E-state index is 12.3. The highest BCUT2D eigenvalue weighted by Gasteiger charge is 2.31. The third-order valence-corrected chi connectivity index (χ3v) is 6.08. The molecule has 2 heterocycles. The molecule has 0 unspecified atom stereocenters. The summed E-state index contributed by atoms with van der Waals surface area (Å²) in [5.41, 5.74) is 4.42. The summed E-state index contributed by atoms with van der Waals surface area (Å²) in [5, 5.41) is 4.57. The number of rotatable bonds is 5. The first kappa shape index (κ1) is 16.8. The Morgan fingerprint density at radius 2 is 2.04 bits per heavy atom. The highest BCUT2D eigenvalue weighted by atomic mass is 16.5. The van der Waals surface area contributed by atoms with Crippen molar-refractivity contribution in [3.63, 3.8) is 0 Å². The number of carbonyl (C=O) groups excluding carboxylic acids is 1. The molecule has 1 aromatic heterocycles. The summed E-state index contributed by atoms with van der Waals surface area (Å²) in [7, 11) is 0. The van der Waals surface area contributed by atoms with Crippen LogP contribution in [0, 0.1) is 5.92 Å². The van der Waals surface area contributed by atoms with Crippen LogP contribution < -0.4 is 9.64 Å². The smallest absolute Gasteiger partial charge is 0.224 e. The van der Waals surface area contributed by atoms with Crippen LogP contribution in [0.2, 0.25) is 0 Å². The molecule has 0 radical (unpaired) electrons. The maximum atomic E-state index is 12.3. The number of hydrogen-bond donors (Lipinski definition) is 0. The first-order valence-electron chi connectivity index (χ1n) is 10.2. The van der Waals surface area contributed by atoms with Crippen LogP contribution in [0.4, 0.5) is 5.69 Å². The Morgan fingerprint density at radius 1 is 1.22 bits per heavy atom. The fourth-order valence-electron chi connectivity index (χ4n) is 4.18. The predicted octanol–water partition coefficient (Wildman–Crippen LogP) is 4.36.